The van der Waals surface area contributed by atoms with Crippen molar-refractivity contribution in [3.63, 3.8) is 0 Å². The molecule has 1 aromatic carbocycles. The normalized spacial score (nSPS) is 17.4. The van der Waals surface area contributed by atoms with Crippen LogP contribution in [0.3, 0.4) is 0 Å². The Labute approximate surface area is 147 Å². The minimum atomic E-state index is -0.0900. The van der Waals surface area contributed by atoms with Crippen LogP contribution in [-0.4, -0.2) is 27.4 Å². The molecule has 0 bridgehead atoms. The molecule has 0 unspecified atom stereocenters. The number of amides is 2. The minimum absolute atomic E-state index is 0.0178. The molecular formula is C19H24N4O2. The monoisotopic (exact) mass is 340 g/mol. The van der Waals surface area contributed by atoms with Crippen molar-refractivity contribution < 1.29 is 9.59 Å². The molecular weight excluding hydrogens is 316 g/mol. The van der Waals surface area contributed by atoms with Gasteiger partial charge >= 0.3 is 0 Å². The van der Waals surface area contributed by atoms with Gasteiger partial charge in [0.15, 0.2) is 0 Å². The van der Waals surface area contributed by atoms with Gasteiger partial charge in [-0.1, -0.05) is 6.92 Å². The van der Waals surface area contributed by atoms with E-state index in [1.54, 1.807) is 24.3 Å². The molecule has 0 aliphatic carbocycles. The molecule has 0 spiro atoms. The van der Waals surface area contributed by atoms with Crippen LogP contribution in [0.5, 0.6) is 0 Å². The van der Waals surface area contributed by atoms with Gasteiger partial charge in [-0.25, -0.2) is 4.98 Å². The van der Waals surface area contributed by atoms with E-state index in [-0.39, 0.29) is 23.8 Å². The Bertz CT molecular complexity index is 751. The van der Waals surface area contributed by atoms with Crippen LogP contribution in [0.15, 0.2) is 36.8 Å². The van der Waals surface area contributed by atoms with Gasteiger partial charge in [0.2, 0.25) is 5.91 Å². The second-order valence-corrected chi connectivity index (χ2v) is 6.62. The summed E-state index contributed by atoms with van der Waals surface area (Å²) in [6, 6.07) is 7.17. The summed E-state index contributed by atoms with van der Waals surface area (Å²) in [6.45, 7) is 4.83. The number of hydrogen-bond acceptors (Lipinski definition) is 3. The maximum atomic E-state index is 12.5. The summed E-state index contributed by atoms with van der Waals surface area (Å²) in [5, 5.41) is 5.88. The first-order chi connectivity index (χ1) is 12.1. The topological polar surface area (TPSA) is 76.0 Å². The van der Waals surface area contributed by atoms with E-state index in [0.29, 0.717) is 17.7 Å². The summed E-state index contributed by atoms with van der Waals surface area (Å²) < 4.78 is 2.09. The average Bonchev–Trinajstić information content (AvgIpc) is 3.09. The molecule has 0 saturated heterocycles. The molecule has 25 heavy (non-hydrogen) atoms. The first-order valence-electron chi connectivity index (χ1n) is 8.77. The molecule has 6 nitrogen and oxygen atoms in total. The first kappa shape index (κ1) is 17.2. The van der Waals surface area contributed by atoms with Gasteiger partial charge < -0.3 is 15.2 Å². The van der Waals surface area contributed by atoms with Crippen LogP contribution in [0.1, 0.15) is 42.7 Å². The predicted octanol–water partition coefficient (Wildman–Crippen LogP) is 2.61. The van der Waals surface area contributed by atoms with E-state index in [1.807, 2.05) is 26.4 Å². The van der Waals surface area contributed by atoms with E-state index < -0.39 is 0 Å². The molecule has 2 heterocycles. The van der Waals surface area contributed by atoms with Crippen molar-refractivity contribution in [1.82, 2.24) is 14.9 Å². The average molecular weight is 340 g/mol. The molecule has 1 aromatic heterocycles. The number of rotatable bonds is 5. The van der Waals surface area contributed by atoms with Gasteiger partial charge in [-0.2, -0.15) is 0 Å². The lowest BCUT2D eigenvalue weighted by Crippen LogP contribution is -2.32. The van der Waals surface area contributed by atoms with Crippen LogP contribution in [0.25, 0.3) is 0 Å². The summed E-state index contributed by atoms with van der Waals surface area (Å²) in [5.74, 6) is -0.116. The fourth-order valence-electron chi connectivity index (χ4n) is 2.95. The van der Waals surface area contributed by atoms with Gasteiger partial charge in [-0.05, 0) is 44.0 Å². The van der Waals surface area contributed by atoms with Crippen LogP contribution < -0.4 is 10.6 Å². The molecule has 6 heteroatoms. The number of aryl methyl sites for hydroxylation is 1. The van der Waals surface area contributed by atoms with E-state index in [0.717, 1.165) is 25.1 Å². The summed E-state index contributed by atoms with van der Waals surface area (Å²) >= 11 is 0. The number of carbonyl (C=O) groups excluding carboxylic acids is 2. The highest BCUT2D eigenvalue weighted by Crippen LogP contribution is 2.21. The van der Waals surface area contributed by atoms with Crippen LogP contribution in [0.2, 0.25) is 0 Å². The molecule has 2 atom stereocenters. The van der Waals surface area contributed by atoms with Crippen LogP contribution in [-0.2, 0) is 17.8 Å². The highest BCUT2D eigenvalue weighted by Gasteiger charge is 2.24. The fourth-order valence-corrected chi connectivity index (χ4v) is 2.95. The van der Waals surface area contributed by atoms with E-state index in [9.17, 15) is 9.59 Å². The van der Waals surface area contributed by atoms with Gasteiger partial charge in [0.1, 0.15) is 0 Å². The molecule has 132 valence electrons. The third-order valence-electron chi connectivity index (χ3n) is 4.75. The molecule has 3 rings (SSSR count). The highest BCUT2D eigenvalue weighted by molar-refractivity contribution is 5.96. The Balaban J connectivity index is 1.58. The fraction of sp³-hybridized carbons (Fsp3) is 0.421. The Hall–Kier alpha value is -2.63. The Morgan fingerprint density at radius 2 is 2.08 bits per heavy atom. The highest BCUT2D eigenvalue weighted by atomic mass is 16.2. The SMILES string of the molecule is CC[C@H](C)NC(=O)c1ccc(NC(=O)[C@H]2CCn3cncc3C2)cc1. The van der Waals surface area contributed by atoms with Gasteiger partial charge in [-0.3, -0.25) is 9.59 Å². The number of nitrogens with zero attached hydrogens (tertiary/aromatic N) is 2. The van der Waals surface area contributed by atoms with Crippen molar-refractivity contribution in [2.75, 3.05) is 5.32 Å². The largest absolute Gasteiger partial charge is 0.350 e. The van der Waals surface area contributed by atoms with Crippen LogP contribution in [0, 0.1) is 5.92 Å². The Morgan fingerprint density at radius 1 is 1.32 bits per heavy atom. The van der Waals surface area contributed by atoms with Gasteiger partial charge in [0, 0.05) is 48.1 Å². The lowest BCUT2D eigenvalue weighted by atomic mass is 9.95. The van der Waals surface area contributed by atoms with Gasteiger partial charge in [0.05, 0.1) is 6.33 Å². The van der Waals surface area contributed by atoms with Crippen LogP contribution in [0.4, 0.5) is 5.69 Å². The molecule has 2 N–H and O–H groups in total. The molecule has 2 amide bonds. The standard InChI is InChI=1S/C19H24N4O2/c1-3-13(2)21-18(24)14-4-6-16(7-5-14)22-19(25)15-8-9-23-12-20-11-17(23)10-15/h4-7,11-13,15H,3,8-10H2,1-2H3,(H,21,24)(H,22,25)/t13-,15-/m0/s1. The predicted molar refractivity (Wildman–Crippen MR) is 96.3 cm³/mol. The van der Waals surface area contributed by atoms with Gasteiger partial charge in [0.25, 0.3) is 5.91 Å². The lowest BCUT2D eigenvalue weighted by Gasteiger charge is -2.23. The zero-order chi connectivity index (χ0) is 17.8. The molecule has 0 fully saturated rings. The summed E-state index contributed by atoms with van der Waals surface area (Å²) in [5.41, 5.74) is 2.41. The van der Waals surface area contributed by atoms with E-state index in [4.69, 9.17) is 0 Å². The van der Waals surface area contributed by atoms with Crippen molar-refractivity contribution in [3.05, 3.63) is 48.0 Å². The zero-order valence-electron chi connectivity index (χ0n) is 14.7. The number of hydrogen-bond donors (Lipinski definition) is 2. The zero-order valence-corrected chi connectivity index (χ0v) is 14.7. The number of anilines is 1. The molecule has 0 saturated carbocycles. The maximum Gasteiger partial charge on any atom is 0.251 e. The lowest BCUT2D eigenvalue weighted by molar-refractivity contribution is -0.120. The number of nitrogens with one attached hydrogen (secondary N) is 2. The summed E-state index contributed by atoms with van der Waals surface area (Å²) in [7, 11) is 0. The van der Waals surface area contributed by atoms with Crippen molar-refractivity contribution in [2.45, 2.75) is 45.7 Å². The number of carbonyl (C=O) groups is 2. The first-order valence-corrected chi connectivity index (χ1v) is 8.77. The maximum absolute atomic E-state index is 12.5. The quantitative estimate of drug-likeness (QED) is 0.878. The summed E-state index contributed by atoms with van der Waals surface area (Å²) in [4.78, 5) is 28.7. The van der Waals surface area contributed by atoms with Crippen molar-refractivity contribution in [2.24, 2.45) is 5.92 Å². The third kappa shape index (κ3) is 4.07. The van der Waals surface area contributed by atoms with Crippen molar-refractivity contribution in [3.8, 4) is 0 Å². The van der Waals surface area contributed by atoms with E-state index in [2.05, 4.69) is 20.2 Å². The van der Waals surface area contributed by atoms with Gasteiger partial charge in [-0.15, -0.1) is 0 Å². The molecule has 2 aromatic rings. The number of aromatic nitrogens is 2. The van der Waals surface area contributed by atoms with Crippen molar-refractivity contribution >= 4 is 17.5 Å². The number of benzene rings is 1. The second-order valence-electron chi connectivity index (χ2n) is 6.62. The minimum Gasteiger partial charge on any atom is -0.350 e. The van der Waals surface area contributed by atoms with E-state index in [1.165, 1.54) is 0 Å². The Morgan fingerprint density at radius 3 is 2.80 bits per heavy atom. The summed E-state index contributed by atoms with van der Waals surface area (Å²) in [6.07, 6.45) is 6.04. The molecule has 1 aliphatic heterocycles. The smallest absolute Gasteiger partial charge is 0.251 e. The molecule has 1 aliphatic rings. The number of fused-ring (bicyclic) bond motifs is 1. The molecule has 0 radical (unpaired) electrons. The second kappa shape index (κ2) is 7.51. The van der Waals surface area contributed by atoms with Crippen LogP contribution >= 0.6 is 0 Å². The third-order valence-corrected chi connectivity index (χ3v) is 4.75. The Kier molecular flexibility index (Phi) is 5.16. The van der Waals surface area contributed by atoms with Crippen molar-refractivity contribution in [1.29, 1.82) is 0 Å². The van der Waals surface area contributed by atoms with E-state index >= 15 is 0 Å². The number of imidazole rings is 1.